The molecule has 1 aliphatic carbocycles. The molecular weight excluding hydrogens is 382 g/mol. The molecule has 158 valence electrons. The van der Waals surface area contributed by atoms with E-state index in [1.54, 1.807) is 43.3 Å². The Bertz CT molecular complexity index is 890. The van der Waals surface area contributed by atoms with Gasteiger partial charge in [-0.1, -0.05) is 31.4 Å². The lowest BCUT2D eigenvalue weighted by atomic mass is 9.89. The number of nitrogens with zero attached hydrogens (tertiary/aromatic N) is 2. The molecular formula is C23H27N3O4. The van der Waals surface area contributed by atoms with Crippen LogP contribution in [0.4, 0.5) is 11.4 Å². The number of benzene rings is 2. The van der Waals surface area contributed by atoms with Gasteiger partial charge in [0.05, 0.1) is 11.3 Å². The summed E-state index contributed by atoms with van der Waals surface area (Å²) >= 11 is 0. The summed E-state index contributed by atoms with van der Waals surface area (Å²) in [5.41, 5.74) is 1.10. The zero-order valence-corrected chi connectivity index (χ0v) is 17.1. The van der Waals surface area contributed by atoms with E-state index in [4.69, 9.17) is 4.74 Å². The third kappa shape index (κ3) is 6.14. The van der Waals surface area contributed by atoms with Gasteiger partial charge in [0.1, 0.15) is 11.4 Å². The molecule has 7 heteroatoms. The first-order valence-electron chi connectivity index (χ1n) is 10.3. The molecule has 3 rings (SSSR count). The largest absolute Gasteiger partial charge is 0.508 e. The lowest BCUT2D eigenvalue weighted by Gasteiger charge is -2.22. The maximum Gasteiger partial charge on any atom is 0.341 e. The molecule has 0 unspecified atom stereocenters. The van der Waals surface area contributed by atoms with Crippen LogP contribution >= 0.6 is 0 Å². The van der Waals surface area contributed by atoms with Crippen LogP contribution in [0.15, 0.2) is 58.8 Å². The van der Waals surface area contributed by atoms with E-state index in [0.29, 0.717) is 23.8 Å². The maximum atomic E-state index is 12.6. The summed E-state index contributed by atoms with van der Waals surface area (Å²) in [5.74, 6) is -0.284. The fraction of sp³-hybridized carbons (Fsp3) is 0.391. The van der Waals surface area contributed by atoms with Gasteiger partial charge in [-0.3, -0.25) is 4.79 Å². The molecule has 0 spiro atoms. The molecule has 0 bridgehead atoms. The summed E-state index contributed by atoms with van der Waals surface area (Å²) in [5, 5.41) is 20.4. The van der Waals surface area contributed by atoms with Gasteiger partial charge in [-0.05, 0) is 62.1 Å². The first-order chi connectivity index (χ1) is 14.5. The maximum absolute atomic E-state index is 12.6. The fourth-order valence-electron chi connectivity index (χ4n) is 3.42. The molecule has 1 aliphatic rings. The summed E-state index contributed by atoms with van der Waals surface area (Å²) in [7, 11) is 0. The van der Waals surface area contributed by atoms with E-state index in [-0.39, 0.29) is 17.2 Å². The molecule has 1 amide bonds. The highest BCUT2D eigenvalue weighted by molar-refractivity contribution is 5.96. The summed E-state index contributed by atoms with van der Waals surface area (Å²) in [6, 6.07) is 12.9. The van der Waals surface area contributed by atoms with E-state index in [0.717, 1.165) is 12.8 Å². The molecule has 1 saturated carbocycles. The van der Waals surface area contributed by atoms with Crippen LogP contribution in [-0.4, -0.2) is 29.6 Å². The van der Waals surface area contributed by atoms with Crippen molar-refractivity contribution in [3.05, 3.63) is 54.1 Å². The Hall–Kier alpha value is -3.22. The SMILES string of the molecule is C[C@@H](OC(=O)c1ccccc1N=Nc1ccc(O)cc1)C(=O)NCC1CCCCC1. The second-order valence-corrected chi connectivity index (χ2v) is 7.53. The number of azo groups is 1. The Balaban J connectivity index is 1.59. The van der Waals surface area contributed by atoms with Crippen LogP contribution in [0.5, 0.6) is 5.75 Å². The first-order valence-corrected chi connectivity index (χ1v) is 10.3. The van der Waals surface area contributed by atoms with Gasteiger partial charge in [-0.15, -0.1) is 5.11 Å². The molecule has 2 aromatic carbocycles. The Morgan fingerprint density at radius 1 is 1.07 bits per heavy atom. The van der Waals surface area contributed by atoms with Crippen LogP contribution in [0.2, 0.25) is 0 Å². The van der Waals surface area contributed by atoms with Crippen LogP contribution in [0.1, 0.15) is 49.4 Å². The molecule has 1 atom stereocenters. The van der Waals surface area contributed by atoms with Gasteiger partial charge < -0.3 is 15.2 Å². The van der Waals surface area contributed by atoms with Gasteiger partial charge in [-0.2, -0.15) is 5.11 Å². The van der Waals surface area contributed by atoms with Gasteiger partial charge in [-0.25, -0.2) is 4.79 Å². The lowest BCUT2D eigenvalue weighted by Crippen LogP contribution is -2.38. The fourth-order valence-corrected chi connectivity index (χ4v) is 3.42. The smallest absolute Gasteiger partial charge is 0.341 e. The number of rotatable bonds is 7. The number of ether oxygens (including phenoxy) is 1. The van der Waals surface area contributed by atoms with Crippen molar-refractivity contribution in [2.45, 2.75) is 45.1 Å². The monoisotopic (exact) mass is 409 g/mol. The number of amides is 1. The Labute approximate surface area is 176 Å². The molecule has 0 saturated heterocycles. The van der Waals surface area contributed by atoms with Crippen molar-refractivity contribution in [3.63, 3.8) is 0 Å². The van der Waals surface area contributed by atoms with E-state index in [1.165, 1.54) is 31.4 Å². The Morgan fingerprint density at radius 2 is 1.77 bits per heavy atom. The topological polar surface area (TPSA) is 100 Å². The van der Waals surface area contributed by atoms with Crippen molar-refractivity contribution >= 4 is 23.3 Å². The van der Waals surface area contributed by atoms with E-state index in [1.807, 2.05) is 0 Å². The number of phenols is 1. The molecule has 2 N–H and O–H groups in total. The second-order valence-electron chi connectivity index (χ2n) is 7.53. The highest BCUT2D eigenvalue weighted by Crippen LogP contribution is 2.25. The van der Waals surface area contributed by atoms with Crippen LogP contribution in [0.25, 0.3) is 0 Å². The average Bonchev–Trinajstić information content (AvgIpc) is 2.78. The molecule has 0 aliphatic heterocycles. The van der Waals surface area contributed by atoms with Crippen molar-refractivity contribution in [1.29, 1.82) is 0 Å². The summed E-state index contributed by atoms with van der Waals surface area (Å²) in [6.07, 6.45) is 5.05. The molecule has 1 fully saturated rings. The predicted octanol–water partition coefficient (Wildman–Crippen LogP) is 5.05. The van der Waals surface area contributed by atoms with Gasteiger partial charge in [0.15, 0.2) is 6.10 Å². The Kier molecular flexibility index (Phi) is 7.54. The first kappa shape index (κ1) is 21.5. The molecule has 30 heavy (non-hydrogen) atoms. The minimum absolute atomic E-state index is 0.133. The Morgan fingerprint density at radius 3 is 2.50 bits per heavy atom. The standard InChI is InChI=1S/C23H27N3O4/c1-16(22(28)24-15-17-7-3-2-4-8-17)30-23(29)20-9-5-6-10-21(20)26-25-18-11-13-19(27)14-12-18/h5-6,9-14,16-17,27H,2-4,7-8,15H2,1H3,(H,24,28)/t16-/m1/s1. The van der Waals surface area contributed by atoms with Crippen LogP contribution in [0, 0.1) is 5.92 Å². The van der Waals surface area contributed by atoms with Gasteiger partial charge >= 0.3 is 5.97 Å². The predicted molar refractivity (Wildman–Crippen MR) is 113 cm³/mol. The van der Waals surface area contributed by atoms with E-state index in [9.17, 15) is 14.7 Å². The quantitative estimate of drug-likeness (QED) is 0.494. The van der Waals surface area contributed by atoms with Crippen molar-refractivity contribution < 1.29 is 19.4 Å². The lowest BCUT2D eigenvalue weighted by molar-refractivity contribution is -0.129. The number of phenolic OH excluding ortho intramolecular Hbond substituents is 1. The number of nitrogens with one attached hydrogen (secondary N) is 1. The summed E-state index contributed by atoms with van der Waals surface area (Å²) in [6.45, 7) is 2.19. The van der Waals surface area contributed by atoms with E-state index in [2.05, 4.69) is 15.5 Å². The van der Waals surface area contributed by atoms with Crippen LogP contribution in [-0.2, 0) is 9.53 Å². The molecule has 0 heterocycles. The summed E-state index contributed by atoms with van der Waals surface area (Å²) < 4.78 is 5.36. The number of carbonyl (C=O) groups is 2. The van der Waals surface area contributed by atoms with Crippen molar-refractivity contribution in [1.82, 2.24) is 5.32 Å². The third-order valence-corrected chi connectivity index (χ3v) is 5.19. The van der Waals surface area contributed by atoms with Gasteiger partial charge in [0.25, 0.3) is 5.91 Å². The van der Waals surface area contributed by atoms with Crippen molar-refractivity contribution in [2.75, 3.05) is 6.54 Å². The highest BCUT2D eigenvalue weighted by Gasteiger charge is 2.22. The van der Waals surface area contributed by atoms with Gasteiger partial charge in [0, 0.05) is 6.54 Å². The zero-order chi connectivity index (χ0) is 21.3. The average molecular weight is 409 g/mol. The number of carbonyl (C=O) groups excluding carboxylic acids is 2. The van der Waals surface area contributed by atoms with E-state index >= 15 is 0 Å². The highest BCUT2D eigenvalue weighted by atomic mass is 16.5. The number of hydrogen-bond acceptors (Lipinski definition) is 6. The number of hydrogen-bond donors (Lipinski definition) is 2. The zero-order valence-electron chi connectivity index (χ0n) is 17.1. The number of aromatic hydroxyl groups is 1. The van der Waals surface area contributed by atoms with E-state index < -0.39 is 12.1 Å². The molecule has 0 radical (unpaired) electrons. The molecule has 2 aromatic rings. The number of esters is 1. The third-order valence-electron chi connectivity index (χ3n) is 5.19. The minimum Gasteiger partial charge on any atom is -0.508 e. The minimum atomic E-state index is -0.900. The second kappa shape index (κ2) is 10.5. The van der Waals surface area contributed by atoms with Gasteiger partial charge in [0.2, 0.25) is 0 Å². The molecule has 7 nitrogen and oxygen atoms in total. The normalized spacial score (nSPS) is 15.6. The van der Waals surface area contributed by atoms with Crippen molar-refractivity contribution in [3.8, 4) is 5.75 Å². The van der Waals surface area contributed by atoms with Crippen molar-refractivity contribution in [2.24, 2.45) is 16.1 Å². The van der Waals surface area contributed by atoms with Crippen LogP contribution in [0.3, 0.4) is 0 Å². The van der Waals surface area contributed by atoms with Crippen LogP contribution < -0.4 is 5.32 Å². The molecule has 0 aromatic heterocycles. The summed E-state index contributed by atoms with van der Waals surface area (Å²) in [4.78, 5) is 24.9.